The van der Waals surface area contributed by atoms with Gasteiger partial charge in [0.25, 0.3) is 5.91 Å². The molecular formula is C17H18ClN3O. The monoisotopic (exact) mass is 315 g/mol. The van der Waals surface area contributed by atoms with Gasteiger partial charge < -0.3 is 5.32 Å². The van der Waals surface area contributed by atoms with E-state index < -0.39 is 0 Å². The zero-order valence-electron chi connectivity index (χ0n) is 12.5. The van der Waals surface area contributed by atoms with Crippen molar-refractivity contribution in [1.29, 1.82) is 0 Å². The molecule has 1 atom stereocenters. The maximum atomic E-state index is 12.0. The summed E-state index contributed by atoms with van der Waals surface area (Å²) in [7, 11) is 0. The fraction of sp³-hybridized carbons (Fsp3) is 0.176. The Morgan fingerprint density at radius 1 is 1.23 bits per heavy atom. The molecule has 0 aliphatic rings. The van der Waals surface area contributed by atoms with Crippen molar-refractivity contribution in [3.8, 4) is 0 Å². The van der Waals surface area contributed by atoms with Gasteiger partial charge in [0.15, 0.2) is 0 Å². The molecule has 0 aliphatic heterocycles. The molecule has 0 aromatic heterocycles. The van der Waals surface area contributed by atoms with E-state index in [0.29, 0.717) is 5.02 Å². The molecule has 0 fully saturated rings. The molecule has 114 valence electrons. The van der Waals surface area contributed by atoms with Crippen molar-refractivity contribution in [2.24, 2.45) is 5.10 Å². The molecule has 2 N–H and O–H groups in total. The summed E-state index contributed by atoms with van der Waals surface area (Å²) in [5.41, 5.74) is 5.40. The van der Waals surface area contributed by atoms with E-state index >= 15 is 0 Å². The molecule has 22 heavy (non-hydrogen) atoms. The second-order valence-electron chi connectivity index (χ2n) is 5.02. The quantitative estimate of drug-likeness (QED) is 0.654. The normalized spacial score (nSPS) is 12.1. The van der Waals surface area contributed by atoms with Crippen LogP contribution in [0.4, 0.5) is 5.69 Å². The molecule has 0 saturated heterocycles. The molecule has 4 nitrogen and oxygen atoms in total. The van der Waals surface area contributed by atoms with Gasteiger partial charge in [0.2, 0.25) is 0 Å². The number of nitrogens with zero attached hydrogens (tertiary/aromatic N) is 1. The Bertz CT molecular complexity index is 668. The first-order valence-corrected chi connectivity index (χ1v) is 7.34. The van der Waals surface area contributed by atoms with Gasteiger partial charge in [-0.25, -0.2) is 5.43 Å². The Morgan fingerprint density at radius 3 is 2.64 bits per heavy atom. The van der Waals surface area contributed by atoms with Crippen LogP contribution in [0.15, 0.2) is 53.6 Å². The minimum atomic E-state index is -0.390. The van der Waals surface area contributed by atoms with E-state index in [1.807, 2.05) is 43.3 Å². The van der Waals surface area contributed by atoms with E-state index in [4.69, 9.17) is 11.6 Å². The molecule has 1 amide bonds. The summed E-state index contributed by atoms with van der Waals surface area (Å²) in [6.07, 6.45) is 1.56. The highest BCUT2D eigenvalue weighted by Gasteiger charge is 2.11. The van der Waals surface area contributed by atoms with E-state index in [1.54, 1.807) is 25.3 Å². The Hall–Kier alpha value is -2.33. The first-order chi connectivity index (χ1) is 10.5. The number of halogens is 1. The Kier molecular flexibility index (Phi) is 5.55. The maximum Gasteiger partial charge on any atom is 0.262 e. The largest absolute Gasteiger partial charge is 0.374 e. The molecule has 5 heteroatoms. The minimum absolute atomic E-state index is 0.209. The van der Waals surface area contributed by atoms with E-state index in [0.717, 1.165) is 11.3 Å². The number of amides is 1. The van der Waals surface area contributed by atoms with Crippen LogP contribution in [0.2, 0.25) is 5.02 Å². The summed E-state index contributed by atoms with van der Waals surface area (Å²) in [5.74, 6) is -0.209. The lowest BCUT2D eigenvalue weighted by atomic mass is 10.2. The van der Waals surface area contributed by atoms with Gasteiger partial charge >= 0.3 is 0 Å². The van der Waals surface area contributed by atoms with Crippen LogP contribution in [0, 0.1) is 6.92 Å². The average Bonchev–Trinajstić information content (AvgIpc) is 2.49. The molecule has 0 saturated carbocycles. The Balaban J connectivity index is 1.87. The lowest BCUT2D eigenvalue weighted by Crippen LogP contribution is -2.34. The highest BCUT2D eigenvalue weighted by molar-refractivity contribution is 6.30. The number of hydrogen-bond acceptors (Lipinski definition) is 3. The topological polar surface area (TPSA) is 53.5 Å². The van der Waals surface area contributed by atoms with Gasteiger partial charge in [-0.2, -0.15) is 5.10 Å². The van der Waals surface area contributed by atoms with E-state index in [9.17, 15) is 4.79 Å². The number of rotatable bonds is 5. The van der Waals surface area contributed by atoms with Crippen molar-refractivity contribution in [1.82, 2.24) is 5.43 Å². The minimum Gasteiger partial charge on any atom is -0.374 e. The zero-order chi connectivity index (χ0) is 15.9. The summed E-state index contributed by atoms with van der Waals surface area (Å²) < 4.78 is 0. The molecule has 2 aromatic carbocycles. The molecule has 0 bridgehead atoms. The van der Waals surface area contributed by atoms with Gasteiger partial charge in [0, 0.05) is 10.7 Å². The van der Waals surface area contributed by atoms with Crippen LogP contribution in [0.5, 0.6) is 0 Å². The van der Waals surface area contributed by atoms with Crippen molar-refractivity contribution in [2.75, 3.05) is 5.32 Å². The van der Waals surface area contributed by atoms with Crippen LogP contribution in [0.25, 0.3) is 0 Å². The zero-order valence-corrected chi connectivity index (χ0v) is 13.3. The lowest BCUT2D eigenvalue weighted by Gasteiger charge is -2.13. The van der Waals surface area contributed by atoms with Crippen molar-refractivity contribution in [3.05, 3.63) is 64.7 Å². The van der Waals surface area contributed by atoms with Crippen molar-refractivity contribution >= 4 is 29.4 Å². The third-order valence-electron chi connectivity index (χ3n) is 3.07. The molecule has 0 aliphatic carbocycles. The molecule has 0 spiro atoms. The number of aryl methyl sites for hydroxylation is 1. The number of hydrogen-bond donors (Lipinski definition) is 2. The van der Waals surface area contributed by atoms with E-state index in [1.165, 1.54) is 5.56 Å². The van der Waals surface area contributed by atoms with Crippen LogP contribution in [-0.4, -0.2) is 18.2 Å². The summed E-state index contributed by atoms with van der Waals surface area (Å²) >= 11 is 5.88. The predicted molar refractivity (Wildman–Crippen MR) is 91.5 cm³/mol. The standard InChI is InChI=1S/C17H18ClN3O/c1-12-6-8-16(9-7-12)20-13(2)17(22)21-19-11-14-4-3-5-15(18)10-14/h3-11,13,20H,1-2H3,(H,21,22)/b19-11+. The van der Waals surface area contributed by atoms with Gasteiger partial charge in [0.05, 0.1) is 6.21 Å². The summed E-state index contributed by atoms with van der Waals surface area (Å²) in [6, 6.07) is 14.7. The molecule has 1 unspecified atom stereocenters. The van der Waals surface area contributed by atoms with E-state index in [2.05, 4.69) is 15.8 Å². The number of carbonyl (C=O) groups is 1. The fourth-order valence-corrected chi connectivity index (χ4v) is 2.02. The molecule has 0 radical (unpaired) electrons. The molecule has 0 heterocycles. The van der Waals surface area contributed by atoms with Gasteiger partial charge in [-0.15, -0.1) is 0 Å². The van der Waals surface area contributed by atoms with Crippen LogP contribution >= 0.6 is 11.6 Å². The first-order valence-electron chi connectivity index (χ1n) is 6.96. The third-order valence-corrected chi connectivity index (χ3v) is 3.30. The summed E-state index contributed by atoms with van der Waals surface area (Å²) in [5, 5.41) is 7.69. The number of benzene rings is 2. The van der Waals surface area contributed by atoms with Crippen molar-refractivity contribution in [2.45, 2.75) is 19.9 Å². The van der Waals surface area contributed by atoms with Crippen LogP contribution < -0.4 is 10.7 Å². The lowest BCUT2D eigenvalue weighted by molar-refractivity contribution is -0.121. The Labute approximate surface area is 135 Å². The van der Waals surface area contributed by atoms with Gasteiger partial charge in [-0.1, -0.05) is 41.4 Å². The number of anilines is 1. The highest BCUT2D eigenvalue weighted by Crippen LogP contribution is 2.10. The molecule has 2 aromatic rings. The fourth-order valence-electron chi connectivity index (χ4n) is 1.82. The van der Waals surface area contributed by atoms with Crippen molar-refractivity contribution in [3.63, 3.8) is 0 Å². The second-order valence-corrected chi connectivity index (χ2v) is 5.46. The molecule has 2 rings (SSSR count). The SMILES string of the molecule is Cc1ccc(NC(C)C(=O)N/N=C/c2cccc(Cl)c2)cc1. The van der Waals surface area contributed by atoms with E-state index in [-0.39, 0.29) is 11.9 Å². The van der Waals surface area contributed by atoms with Crippen molar-refractivity contribution < 1.29 is 4.79 Å². The van der Waals surface area contributed by atoms with Crippen LogP contribution in [0.1, 0.15) is 18.1 Å². The third kappa shape index (κ3) is 4.90. The van der Waals surface area contributed by atoms with Gasteiger partial charge in [-0.3, -0.25) is 4.79 Å². The average molecular weight is 316 g/mol. The first kappa shape index (κ1) is 16.0. The number of nitrogens with one attached hydrogen (secondary N) is 2. The maximum absolute atomic E-state index is 12.0. The van der Waals surface area contributed by atoms with Crippen LogP contribution in [-0.2, 0) is 4.79 Å². The Morgan fingerprint density at radius 2 is 1.95 bits per heavy atom. The molecular weight excluding hydrogens is 298 g/mol. The smallest absolute Gasteiger partial charge is 0.262 e. The van der Waals surface area contributed by atoms with Crippen LogP contribution in [0.3, 0.4) is 0 Å². The number of carbonyl (C=O) groups excluding carboxylic acids is 1. The van der Waals surface area contributed by atoms with Gasteiger partial charge in [0.1, 0.15) is 6.04 Å². The highest BCUT2D eigenvalue weighted by atomic mass is 35.5. The summed E-state index contributed by atoms with van der Waals surface area (Å²) in [4.78, 5) is 12.0. The second kappa shape index (κ2) is 7.61. The number of hydrazone groups is 1. The summed E-state index contributed by atoms with van der Waals surface area (Å²) in [6.45, 7) is 3.80. The van der Waals surface area contributed by atoms with Gasteiger partial charge in [-0.05, 0) is 43.7 Å². The predicted octanol–water partition coefficient (Wildman–Crippen LogP) is 3.60.